The summed E-state index contributed by atoms with van der Waals surface area (Å²) in [5, 5.41) is 15.0. The fourth-order valence-electron chi connectivity index (χ4n) is 9.43. The van der Waals surface area contributed by atoms with Crippen LogP contribution in [0.2, 0.25) is 0 Å². The SMILES string of the molecule is CC(C)[C@H](NC(=O)[C@H](Cc1ccc2ccccc2c1)CS(=O)(=O)C(C)(C)C)C(=O)N[C@@H](Cc1ccccc1)P(=O)(O)[C@H](Cc1ccccc1)NC(=O)[C@@H](NC(=O)[C@H](Cc1cccc2ccccc12)CS(=O)(=O)C(C)(C)C)C(C)C. The number of hydrogen-bond donors (Lipinski definition) is 5. The molecule has 0 spiro atoms. The Labute approximate surface area is 467 Å². The van der Waals surface area contributed by atoms with Crippen LogP contribution >= 0.6 is 7.37 Å². The summed E-state index contributed by atoms with van der Waals surface area (Å²) in [7, 11) is -12.6. The Kier molecular flexibility index (Phi) is 20.4. The van der Waals surface area contributed by atoms with Gasteiger partial charge >= 0.3 is 0 Å². The lowest BCUT2D eigenvalue weighted by molar-refractivity contribution is -0.132. The first-order valence-electron chi connectivity index (χ1n) is 27.0. The minimum Gasteiger partial charge on any atom is -0.344 e. The van der Waals surface area contributed by atoms with Gasteiger partial charge < -0.3 is 26.2 Å². The van der Waals surface area contributed by atoms with Crippen molar-refractivity contribution in [3.05, 3.63) is 168 Å². The maximum Gasteiger partial charge on any atom is 0.244 e. The van der Waals surface area contributed by atoms with E-state index in [9.17, 15) is 40.9 Å². The highest BCUT2D eigenvalue weighted by molar-refractivity contribution is 7.93. The summed E-state index contributed by atoms with van der Waals surface area (Å²) in [5.41, 5.74) is 2.62. The minimum absolute atomic E-state index is 0.0389. The lowest BCUT2D eigenvalue weighted by atomic mass is 9.94. The Morgan fingerprint density at radius 3 is 1.32 bits per heavy atom. The number of hydrogen-bond acceptors (Lipinski definition) is 9. The van der Waals surface area contributed by atoms with Crippen molar-refractivity contribution in [3.63, 3.8) is 0 Å². The molecule has 0 saturated heterocycles. The van der Waals surface area contributed by atoms with Gasteiger partial charge in [0.25, 0.3) is 0 Å². The zero-order chi connectivity index (χ0) is 58.1. The molecule has 0 aliphatic rings. The summed E-state index contributed by atoms with van der Waals surface area (Å²) in [4.78, 5) is 71.6. The highest BCUT2D eigenvalue weighted by Crippen LogP contribution is 2.51. The lowest BCUT2D eigenvalue weighted by Crippen LogP contribution is -2.56. The third kappa shape index (κ3) is 16.2. The van der Waals surface area contributed by atoms with E-state index in [1.165, 1.54) is 0 Å². The van der Waals surface area contributed by atoms with Gasteiger partial charge in [-0.1, -0.05) is 173 Å². The summed E-state index contributed by atoms with van der Waals surface area (Å²) in [5.74, 6) is -10.6. The molecule has 6 aromatic rings. The van der Waals surface area contributed by atoms with Crippen LogP contribution in [0.5, 0.6) is 0 Å². The van der Waals surface area contributed by atoms with Crippen LogP contribution in [0.15, 0.2) is 146 Å². The Balaban J connectivity index is 1.32. The van der Waals surface area contributed by atoms with E-state index >= 15 is 4.57 Å². The molecule has 0 aromatic heterocycles. The van der Waals surface area contributed by atoms with Crippen LogP contribution < -0.4 is 21.3 Å². The third-order valence-electron chi connectivity index (χ3n) is 14.6. The molecule has 0 aliphatic heterocycles. The fraction of sp³-hybridized carbons (Fsp3) is 0.419. The second kappa shape index (κ2) is 25.9. The highest BCUT2D eigenvalue weighted by Gasteiger charge is 2.45. The fourth-order valence-corrected chi connectivity index (χ4v) is 14.0. The molecule has 0 fully saturated rings. The molecule has 424 valence electrons. The maximum absolute atomic E-state index is 15.7. The molecule has 14 nitrogen and oxygen atoms in total. The van der Waals surface area contributed by atoms with Crippen molar-refractivity contribution in [3.8, 4) is 0 Å². The van der Waals surface area contributed by atoms with Crippen molar-refractivity contribution in [2.75, 3.05) is 11.5 Å². The normalized spacial score (nSPS) is 15.6. The van der Waals surface area contributed by atoms with Crippen molar-refractivity contribution in [2.24, 2.45) is 23.7 Å². The summed E-state index contributed by atoms with van der Waals surface area (Å²) in [6.45, 7) is 16.2. The van der Waals surface area contributed by atoms with E-state index in [1.54, 1.807) is 130 Å². The molecule has 79 heavy (non-hydrogen) atoms. The van der Waals surface area contributed by atoms with Crippen molar-refractivity contribution >= 4 is 72.2 Å². The van der Waals surface area contributed by atoms with Crippen LogP contribution in [0.3, 0.4) is 0 Å². The number of benzene rings is 6. The monoisotopic (exact) mass is 1130 g/mol. The molecule has 0 bridgehead atoms. The van der Waals surface area contributed by atoms with E-state index in [-0.39, 0.29) is 25.7 Å². The first kappa shape index (κ1) is 62.0. The van der Waals surface area contributed by atoms with Crippen LogP contribution in [0, 0.1) is 23.7 Å². The van der Waals surface area contributed by atoms with Crippen LogP contribution in [0.25, 0.3) is 21.5 Å². The summed E-state index contributed by atoms with van der Waals surface area (Å²) >= 11 is 0. The maximum atomic E-state index is 15.7. The Morgan fingerprint density at radius 1 is 0.456 bits per heavy atom. The Hall–Kier alpha value is -6.19. The molecule has 0 aliphatic carbocycles. The Morgan fingerprint density at radius 2 is 0.861 bits per heavy atom. The molecule has 7 atom stereocenters. The molecule has 0 radical (unpaired) electrons. The van der Waals surface area contributed by atoms with Crippen molar-refractivity contribution in [1.82, 2.24) is 21.3 Å². The van der Waals surface area contributed by atoms with Gasteiger partial charge in [0.15, 0.2) is 19.7 Å². The minimum atomic E-state index is -4.87. The van der Waals surface area contributed by atoms with Gasteiger partial charge in [0, 0.05) is 12.8 Å². The number of carbonyl (C=O) groups excluding carboxylic acids is 4. The predicted octanol–water partition coefficient (Wildman–Crippen LogP) is 9.36. The zero-order valence-electron chi connectivity index (χ0n) is 47.1. The summed E-state index contributed by atoms with van der Waals surface area (Å²) in [6, 6.07) is 41.4. The van der Waals surface area contributed by atoms with Gasteiger partial charge in [-0.25, -0.2) is 16.8 Å². The quantitative estimate of drug-likeness (QED) is 0.0361. The molecule has 1 unspecified atom stereocenters. The molecule has 0 heterocycles. The van der Waals surface area contributed by atoms with E-state index < -0.39 is 119 Å². The number of fused-ring (bicyclic) bond motifs is 2. The largest absolute Gasteiger partial charge is 0.344 e. The Bertz CT molecular complexity index is 3370. The van der Waals surface area contributed by atoms with E-state index in [4.69, 9.17) is 0 Å². The first-order chi connectivity index (χ1) is 37.0. The highest BCUT2D eigenvalue weighted by atomic mass is 32.2. The second-order valence-electron chi connectivity index (χ2n) is 23.5. The number of nitrogens with one attached hydrogen (secondary N) is 4. The molecule has 4 amide bonds. The molecule has 5 N–H and O–H groups in total. The van der Waals surface area contributed by atoms with Gasteiger partial charge in [0.2, 0.25) is 31.0 Å². The van der Waals surface area contributed by atoms with Gasteiger partial charge in [-0.3, -0.25) is 23.7 Å². The van der Waals surface area contributed by atoms with E-state index in [0.717, 1.165) is 32.7 Å². The molecule has 0 saturated carbocycles. The van der Waals surface area contributed by atoms with Gasteiger partial charge in [-0.15, -0.1) is 0 Å². The van der Waals surface area contributed by atoms with Gasteiger partial charge in [-0.05, 0) is 110 Å². The third-order valence-corrected chi connectivity index (χ3v) is 22.5. The molecule has 6 rings (SSSR count). The van der Waals surface area contributed by atoms with E-state index in [0.29, 0.717) is 11.1 Å². The average Bonchev–Trinajstić information content (AvgIpc) is 3.41. The molecule has 17 heteroatoms. The van der Waals surface area contributed by atoms with E-state index in [1.807, 2.05) is 84.9 Å². The number of carbonyl (C=O) groups is 4. The van der Waals surface area contributed by atoms with Crippen LogP contribution in [-0.4, -0.2) is 90.0 Å². The number of sulfone groups is 2. The van der Waals surface area contributed by atoms with E-state index in [2.05, 4.69) is 21.3 Å². The second-order valence-corrected chi connectivity index (χ2v) is 31.6. The standard InChI is InChI=1S/C62H79N4O10PS2/c1-41(2)55(65-57(67)50(39-78(73,74)61(5,6)7)35-45-32-33-46-26-17-18-28-48(46)34-45)59(69)63-53(36-43-22-13-11-14-23-43)77(71,72)54(37-44-24-15-12-16-25-44)64-60(70)56(42(3)4)66-58(68)51(40-79(75,76)62(8,9)10)38-49-30-21-29-47-27-19-20-31-52(47)49/h11-34,41-42,50-51,53-56H,35-40H2,1-10H3,(H,63,69)(H,64,70)(H,65,67)(H,66,68)(H,71,72)/t50-,51-,53-,54-,55+,56+/m1/s1. The van der Waals surface area contributed by atoms with Gasteiger partial charge in [-0.2, -0.15) is 0 Å². The van der Waals surface area contributed by atoms with Crippen LogP contribution in [-0.2, 0) is 69.1 Å². The smallest absolute Gasteiger partial charge is 0.244 e. The van der Waals surface area contributed by atoms with Crippen molar-refractivity contribution in [2.45, 2.75) is 128 Å². The lowest BCUT2D eigenvalue weighted by Gasteiger charge is -2.34. The van der Waals surface area contributed by atoms with Crippen LogP contribution in [0.4, 0.5) is 0 Å². The summed E-state index contributed by atoms with van der Waals surface area (Å²) in [6.07, 6.45) is -0.286. The first-order valence-corrected chi connectivity index (χ1v) is 32.1. The molecule has 6 aromatic carbocycles. The average molecular weight is 1140 g/mol. The van der Waals surface area contributed by atoms with Crippen LogP contribution in [0.1, 0.15) is 91.5 Å². The van der Waals surface area contributed by atoms with Gasteiger partial charge in [0.05, 0.1) is 32.8 Å². The van der Waals surface area contributed by atoms with Crippen molar-refractivity contribution < 1.29 is 45.5 Å². The number of rotatable bonds is 24. The number of amides is 4. The zero-order valence-corrected chi connectivity index (χ0v) is 49.6. The van der Waals surface area contributed by atoms with Gasteiger partial charge in [0.1, 0.15) is 23.6 Å². The molecular formula is C62H79N4O10PS2. The predicted molar refractivity (Wildman–Crippen MR) is 317 cm³/mol. The topological polar surface area (TPSA) is 222 Å². The van der Waals surface area contributed by atoms with Crippen molar-refractivity contribution in [1.29, 1.82) is 0 Å². The summed E-state index contributed by atoms with van der Waals surface area (Å²) < 4.78 is 68.5. The molecular weight excluding hydrogens is 1060 g/mol.